The quantitative estimate of drug-likeness (QED) is 0.632. The number of rotatable bonds is 5. The third-order valence-corrected chi connectivity index (χ3v) is 3.15. The standard InChI is InChI=1S/C12H24O/c1-3-5-8-11-9-6-7-10-12(11)13-4-2/h11-12H,3-10H2,1-2H3. The van der Waals surface area contributed by atoms with Gasteiger partial charge in [-0.05, 0) is 32.1 Å². The van der Waals surface area contributed by atoms with E-state index < -0.39 is 0 Å². The summed E-state index contributed by atoms with van der Waals surface area (Å²) in [6, 6.07) is 0. The first-order valence-corrected chi connectivity index (χ1v) is 6.00. The molecule has 1 nitrogen and oxygen atoms in total. The highest BCUT2D eigenvalue weighted by Gasteiger charge is 2.24. The van der Waals surface area contributed by atoms with Crippen LogP contribution < -0.4 is 0 Å². The van der Waals surface area contributed by atoms with Crippen LogP contribution in [-0.4, -0.2) is 12.7 Å². The monoisotopic (exact) mass is 184 g/mol. The van der Waals surface area contributed by atoms with Crippen LogP contribution in [0.5, 0.6) is 0 Å². The minimum atomic E-state index is 0.588. The first-order chi connectivity index (χ1) is 6.38. The molecule has 0 aliphatic heterocycles. The zero-order valence-corrected chi connectivity index (χ0v) is 9.22. The molecule has 1 aliphatic carbocycles. The molecule has 0 saturated heterocycles. The Morgan fingerprint density at radius 3 is 2.62 bits per heavy atom. The summed E-state index contributed by atoms with van der Waals surface area (Å²) in [6.45, 7) is 5.29. The van der Waals surface area contributed by atoms with Crippen LogP contribution in [0.1, 0.15) is 58.8 Å². The Bertz CT molecular complexity index is 120. The predicted molar refractivity (Wildman–Crippen MR) is 56.9 cm³/mol. The van der Waals surface area contributed by atoms with Crippen molar-refractivity contribution in [3.8, 4) is 0 Å². The second-order valence-electron chi connectivity index (χ2n) is 4.18. The number of unbranched alkanes of at least 4 members (excludes halogenated alkanes) is 1. The molecule has 0 aromatic carbocycles. The van der Waals surface area contributed by atoms with Gasteiger partial charge in [-0.25, -0.2) is 0 Å². The van der Waals surface area contributed by atoms with Crippen molar-refractivity contribution in [2.45, 2.75) is 64.9 Å². The molecule has 0 aromatic heterocycles. The lowest BCUT2D eigenvalue weighted by Crippen LogP contribution is -2.27. The van der Waals surface area contributed by atoms with Crippen LogP contribution >= 0.6 is 0 Å². The predicted octanol–water partition coefficient (Wildman–Crippen LogP) is 3.77. The van der Waals surface area contributed by atoms with Crippen molar-refractivity contribution in [3.63, 3.8) is 0 Å². The van der Waals surface area contributed by atoms with Gasteiger partial charge in [-0.2, -0.15) is 0 Å². The second kappa shape index (κ2) is 6.42. The van der Waals surface area contributed by atoms with Gasteiger partial charge in [0.1, 0.15) is 0 Å². The van der Waals surface area contributed by atoms with E-state index in [4.69, 9.17) is 4.74 Å². The molecule has 1 heteroatoms. The molecular formula is C12H24O. The Hall–Kier alpha value is -0.0400. The van der Waals surface area contributed by atoms with Crippen molar-refractivity contribution in [3.05, 3.63) is 0 Å². The molecule has 13 heavy (non-hydrogen) atoms. The Labute approximate surface area is 82.9 Å². The largest absolute Gasteiger partial charge is 0.378 e. The molecule has 2 atom stereocenters. The van der Waals surface area contributed by atoms with Crippen molar-refractivity contribution in [1.82, 2.24) is 0 Å². The van der Waals surface area contributed by atoms with Crippen molar-refractivity contribution in [2.75, 3.05) is 6.61 Å². The maximum atomic E-state index is 5.79. The summed E-state index contributed by atoms with van der Waals surface area (Å²) < 4.78 is 5.79. The number of ether oxygens (including phenoxy) is 1. The smallest absolute Gasteiger partial charge is 0.0603 e. The SMILES string of the molecule is CCCCC1CCCCC1OCC. The average molecular weight is 184 g/mol. The normalized spacial score (nSPS) is 29.1. The van der Waals surface area contributed by atoms with Crippen LogP contribution in [0.4, 0.5) is 0 Å². The van der Waals surface area contributed by atoms with Gasteiger partial charge in [-0.1, -0.05) is 32.6 Å². The van der Waals surface area contributed by atoms with E-state index in [2.05, 4.69) is 13.8 Å². The molecule has 1 fully saturated rings. The van der Waals surface area contributed by atoms with E-state index in [1.54, 1.807) is 0 Å². The van der Waals surface area contributed by atoms with Gasteiger partial charge in [0.25, 0.3) is 0 Å². The van der Waals surface area contributed by atoms with Crippen molar-refractivity contribution >= 4 is 0 Å². The maximum absolute atomic E-state index is 5.79. The number of hydrogen-bond donors (Lipinski definition) is 0. The second-order valence-corrected chi connectivity index (χ2v) is 4.18. The summed E-state index contributed by atoms with van der Waals surface area (Å²) in [4.78, 5) is 0. The van der Waals surface area contributed by atoms with Crippen molar-refractivity contribution in [1.29, 1.82) is 0 Å². The van der Waals surface area contributed by atoms with E-state index in [0.29, 0.717) is 6.10 Å². The molecule has 78 valence electrons. The molecule has 0 amide bonds. The van der Waals surface area contributed by atoms with E-state index in [9.17, 15) is 0 Å². The summed E-state index contributed by atoms with van der Waals surface area (Å²) in [5.74, 6) is 0.869. The van der Waals surface area contributed by atoms with Gasteiger partial charge in [0.2, 0.25) is 0 Å². The van der Waals surface area contributed by atoms with Gasteiger partial charge in [0.05, 0.1) is 6.10 Å². The van der Waals surface area contributed by atoms with E-state index in [1.165, 1.54) is 44.9 Å². The highest BCUT2D eigenvalue weighted by atomic mass is 16.5. The molecule has 0 bridgehead atoms. The molecule has 0 N–H and O–H groups in total. The van der Waals surface area contributed by atoms with E-state index in [1.807, 2.05) is 0 Å². The van der Waals surface area contributed by atoms with Gasteiger partial charge in [0, 0.05) is 6.61 Å². The summed E-state index contributed by atoms with van der Waals surface area (Å²) >= 11 is 0. The lowest BCUT2D eigenvalue weighted by atomic mass is 9.83. The summed E-state index contributed by atoms with van der Waals surface area (Å²) in [7, 11) is 0. The zero-order chi connectivity index (χ0) is 9.52. The average Bonchev–Trinajstić information content (AvgIpc) is 2.17. The van der Waals surface area contributed by atoms with Crippen molar-refractivity contribution < 1.29 is 4.74 Å². The van der Waals surface area contributed by atoms with Crippen LogP contribution in [-0.2, 0) is 4.74 Å². The first-order valence-electron chi connectivity index (χ1n) is 6.00. The third-order valence-electron chi connectivity index (χ3n) is 3.15. The fourth-order valence-corrected chi connectivity index (χ4v) is 2.40. The minimum absolute atomic E-state index is 0.588. The molecule has 2 unspecified atom stereocenters. The highest BCUT2D eigenvalue weighted by molar-refractivity contribution is 4.75. The molecule has 1 rings (SSSR count). The molecule has 0 radical (unpaired) electrons. The maximum Gasteiger partial charge on any atom is 0.0603 e. The Morgan fingerprint density at radius 2 is 1.92 bits per heavy atom. The topological polar surface area (TPSA) is 9.23 Å². The van der Waals surface area contributed by atoms with Gasteiger partial charge in [-0.15, -0.1) is 0 Å². The van der Waals surface area contributed by atoms with Crippen LogP contribution in [0.25, 0.3) is 0 Å². The number of hydrogen-bond acceptors (Lipinski definition) is 1. The van der Waals surface area contributed by atoms with Crippen LogP contribution in [0.15, 0.2) is 0 Å². The highest BCUT2D eigenvalue weighted by Crippen LogP contribution is 2.30. The summed E-state index contributed by atoms with van der Waals surface area (Å²) in [5, 5.41) is 0. The van der Waals surface area contributed by atoms with E-state index in [-0.39, 0.29) is 0 Å². The first kappa shape index (κ1) is 11.0. The fraction of sp³-hybridized carbons (Fsp3) is 1.00. The fourth-order valence-electron chi connectivity index (χ4n) is 2.40. The molecular weight excluding hydrogens is 160 g/mol. The molecule has 0 spiro atoms. The summed E-state index contributed by atoms with van der Waals surface area (Å²) in [6.07, 6.45) is 10.2. The minimum Gasteiger partial charge on any atom is -0.378 e. The molecule has 0 aromatic rings. The van der Waals surface area contributed by atoms with Gasteiger partial charge >= 0.3 is 0 Å². The Kier molecular flexibility index (Phi) is 5.45. The van der Waals surface area contributed by atoms with Gasteiger partial charge in [0.15, 0.2) is 0 Å². The van der Waals surface area contributed by atoms with Gasteiger partial charge < -0.3 is 4.74 Å². The van der Waals surface area contributed by atoms with Crippen LogP contribution in [0, 0.1) is 5.92 Å². The van der Waals surface area contributed by atoms with E-state index >= 15 is 0 Å². The third kappa shape index (κ3) is 3.68. The molecule has 1 aliphatic rings. The van der Waals surface area contributed by atoms with Crippen LogP contribution in [0.2, 0.25) is 0 Å². The van der Waals surface area contributed by atoms with Crippen LogP contribution in [0.3, 0.4) is 0 Å². The Morgan fingerprint density at radius 1 is 1.15 bits per heavy atom. The molecule has 0 heterocycles. The van der Waals surface area contributed by atoms with E-state index in [0.717, 1.165) is 12.5 Å². The summed E-state index contributed by atoms with van der Waals surface area (Å²) in [5.41, 5.74) is 0. The van der Waals surface area contributed by atoms with Gasteiger partial charge in [-0.3, -0.25) is 0 Å². The Balaban J connectivity index is 2.28. The van der Waals surface area contributed by atoms with Crippen molar-refractivity contribution in [2.24, 2.45) is 5.92 Å². The zero-order valence-electron chi connectivity index (χ0n) is 9.22. The lowest BCUT2D eigenvalue weighted by molar-refractivity contribution is -0.00752. The lowest BCUT2D eigenvalue weighted by Gasteiger charge is -2.31. The molecule has 1 saturated carbocycles.